The summed E-state index contributed by atoms with van der Waals surface area (Å²) in [5.41, 5.74) is 3.80. The average Bonchev–Trinajstić information content (AvgIpc) is 2.73. The maximum atomic E-state index is 12.0. The van der Waals surface area contributed by atoms with Gasteiger partial charge in [0.2, 0.25) is 0 Å². The first-order valence-electron chi connectivity index (χ1n) is 7.54. The molecule has 5 heteroatoms. The molecule has 0 aliphatic rings. The predicted molar refractivity (Wildman–Crippen MR) is 84.3 cm³/mol. The van der Waals surface area contributed by atoms with Crippen LogP contribution >= 0.6 is 0 Å². The Hall–Kier alpha value is -2.17. The van der Waals surface area contributed by atoms with Gasteiger partial charge in [0.25, 0.3) is 0 Å². The van der Waals surface area contributed by atoms with Gasteiger partial charge in [-0.05, 0) is 25.8 Å². The molecular formula is C17H23N3O2. The van der Waals surface area contributed by atoms with Gasteiger partial charge in [-0.25, -0.2) is 0 Å². The fourth-order valence-electron chi connectivity index (χ4n) is 2.36. The highest BCUT2D eigenvalue weighted by atomic mass is 16.5. The van der Waals surface area contributed by atoms with Gasteiger partial charge in [0.1, 0.15) is 6.61 Å². The van der Waals surface area contributed by atoms with Crippen molar-refractivity contribution in [3.8, 4) is 0 Å². The summed E-state index contributed by atoms with van der Waals surface area (Å²) in [6.45, 7) is 9.36. The van der Waals surface area contributed by atoms with Crippen molar-refractivity contribution in [3.63, 3.8) is 0 Å². The summed E-state index contributed by atoms with van der Waals surface area (Å²) < 4.78 is 7.29. The first-order valence-corrected chi connectivity index (χ1v) is 7.54. The maximum absolute atomic E-state index is 12.0. The van der Waals surface area contributed by atoms with E-state index in [0.29, 0.717) is 5.92 Å². The van der Waals surface area contributed by atoms with Crippen molar-refractivity contribution >= 4 is 5.97 Å². The second-order valence-corrected chi connectivity index (χ2v) is 5.92. The molecule has 0 amide bonds. The van der Waals surface area contributed by atoms with E-state index in [-0.39, 0.29) is 19.0 Å². The van der Waals surface area contributed by atoms with Gasteiger partial charge in [-0.2, -0.15) is 5.10 Å². The van der Waals surface area contributed by atoms with Crippen molar-refractivity contribution < 1.29 is 9.53 Å². The molecular weight excluding hydrogens is 278 g/mol. The highest BCUT2D eigenvalue weighted by Gasteiger charge is 2.16. The molecule has 2 rings (SSSR count). The van der Waals surface area contributed by atoms with E-state index in [1.165, 1.54) is 0 Å². The van der Waals surface area contributed by atoms with E-state index >= 15 is 0 Å². The first kappa shape index (κ1) is 16.2. The Kier molecular flexibility index (Phi) is 5.31. The normalized spacial score (nSPS) is 11.0. The van der Waals surface area contributed by atoms with Crippen LogP contribution in [0.3, 0.4) is 0 Å². The van der Waals surface area contributed by atoms with E-state index in [2.05, 4.69) is 23.9 Å². The van der Waals surface area contributed by atoms with Gasteiger partial charge in [0, 0.05) is 35.8 Å². The van der Waals surface area contributed by atoms with Gasteiger partial charge in [0.15, 0.2) is 0 Å². The molecule has 0 fully saturated rings. The van der Waals surface area contributed by atoms with Gasteiger partial charge in [-0.3, -0.25) is 14.5 Å². The molecule has 0 spiro atoms. The Bertz CT molecular complexity index is 633. The van der Waals surface area contributed by atoms with Crippen molar-refractivity contribution in [2.45, 2.75) is 47.3 Å². The number of rotatable bonds is 6. The van der Waals surface area contributed by atoms with Crippen LogP contribution in [-0.4, -0.2) is 20.7 Å². The van der Waals surface area contributed by atoms with Crippen LogP contribution in [-0.2, 0) is 29.1 Å². The summed E-state index contributed by atoms with van der Waals surface area (Å²) in [4.78, 5) is 16.0. The fraction of sp³-hybridized carbons (Fsp3) is 0.471. The minimum Gasteiger partial charge on any atom is -0.460 e. The molecule has 22 heavy (non-hydrogen) atoms. The quantitative estimate of drug-likeness (QED) is 0.770. The summed E-state index contributed by atoms with van der Waals surface area (Å²) in [6, 6.07) is 3.71. The second-order valence-electron chi connectivity index (χ2n) is 5.92. The molecule has 0 atom stereocenters. The zero-order valence-corrected chi connectivity index (χ0v) is 13.7. The Morgan fingerprint density at radius 1 is 1.36 bits per heavy atom. The highest BCUT2D eigenvalue weighted by Crippen LogP contribution is 2.16. The van der Waals surface area contributed by atoms with Crippen LogP contribution in [0, 0.1) is 19.8 Å². The topological polar surface area (TPSA) is 57.0 Å². The lowest BCUT2D eigenvalue weighted by Gasteiger charge is -2.08. The number of hydrogen-bond donors (Lipinski definition) is 0. The van der Waals surface area contributed by atoms with Gasteiger partial charge in [-0.15, -0.1) is 0 Å². The zero-order valence-electron chi connectivity index (χ0n) is 13.7. The minimum absolute atomic E-state index is 0.237. The van der Waals surface area contributed by atoms with E-state index in [4.69, 9.17) is 4.74 Å². The van der Waals surface area contributed by atoms with E-state index < -0.39 is 0 Å². The molecule has 118 valence electrons. The lowest BCUT2D eigenvalue weighted by Crippen LogP contribution is -2.11. The van der Waals surface area contributed by atoms with E-state index in [9.17, 15) is 4.79 Å². The number of aryl methyl sites for hydroxylation is 1. The number of aromatic nitrogens is 3. The summed E-state index contributed by atoms with van der Waals surface area (Å²) in [6.07, 6.45) is 3.65. The van der Waals surface area contributed by atoms with Crippen LogP contribution in [0.15, 0.2) is 24.5 Å². The number of nitrogens with zero attached hydrogens (tertiary/aromatic N) is 3. The van der Waals surface area contributed by atoms with Crippen molar-refractivity contribution in [1.82, 2.24) is 14.8 Å². The molecule has 0 saturated carbocycles. The molecule has 0 radical (unpaired) electrons. The standard InChI is InChI=1S/C17H23N3O2/c1-12(2)10-20-14(4)16(13(3)19-20)8-17(21)22-11-15-6-5-7-18-9-15/h5-7,9,12H,8,10-11H2,1-4H3. The van der Waals surface area contributed by atoms with Crippen LogP contribution in [0.5, 0.6) is 0 Å². The summed E-state index contributed by atoms with van der Waals surface area (Å²) in [7, 11) is 0. The molecule has 0 N–H and O–H groups in total. The van der Waals surface area contributed by atoms with Crippen LogP contribution < -0.4 is 0 Å². The molecule has 2 heterocycles. The molecule has 0 aliphatic heterocycles. The van der Waals surface area contributed by atoms with Crippen molar-refractivity contribution in [3.05, 3.63) is 47.0 Å². The van der Waals surface area contributed by atoms with Crippen molar-refractivity contribution in [1.29, 1.82) is 0 Å². The Morgan fingerprint density at radius 2 is 2.14 bits per heavy atom. The van der Waals surface area contributed by atoms with Crippen molar-refractivity contribution in [2.24, 2.45) is 5.92 Å². The molecule has 0 bridgehead atoms. The Labute approximate surface area is 131 Å². The molecule has 0 aliphatic carbocycles. The number of carbonyl (C=O) groups excluding carboxylic acids is 1. The zero-order chi connectivity index (χ0) is 16.1. The predicted octanol–water partition coefficient (Wildman–Crippen LogP) is 2.84. The molecule has 0 unspecified atom stereocenters. The smallest absolute Gasteiger partial charge is 0.310 e. The third-order valence-electron chi connectivity index (χ3n) is 3.51. The van der Waals surface area contributed by atoms with Gasteiger partial charge >= 0.3 is 5.97 Å². The molecule has 5 nitrogen and oxygen atoms in total. The Morgan fingerprint density at radius 3 is 2.77 bits per heavy atom. The van der Waals surface area contributed by atoms with Crippen LogP contribution in [0.4, 0.5) is 0 Å². The molecule has 0 saturated heterocycles. The van der Waals surface area contributed by atoms with Gasteiger partial charge in [0.05, 0.1) is 12.1 Å². The number of pyridine rings is 1. The minimum atomic E-state index is -0.237. The van der Waals surface area contributed by atoms with Crippen molar-refractivity contribution in [2.75, 3.05) is 0 Å². The van der Waals surface area contributed by atoms with E-state index in [1.807, 2.05) is 30.7 Å². The number of esters is 1. The third-order valence-corrected chi connectivity index (χ3v) is 3.51. The number of carbonyl (C=O) groups is 1. The van der Waals surface area contributed by atoms with Crippen LogP contribution in [0.1, 0.15) is 36.4 Å². The molecule has 2 aromatic heterocycles. The van der Waals surface area contributed by atoms with Gasteiger partial charge < -0.3 is 4.74 Å². The lowest BCUT2D eigenvalue weighted by atomic mass is 10.1. The average molecular weight is 301 g/mol. The second kappa shape index (κ2) is 7.20. The summed E-state index contributed by atoms with van der Waals surface area (Å²) >= 11 is 0. The van der Waals surface area contributed by atoms with E-state index in [0.717, 1.165) is 29.1 Å². The number of ether oxygens (including phenoxy) is 1. The summed E-state index contributed by atoms with van der Waals surface area (Å²) in [5, 5.41) is 4.52. The molecule has 0 aromatic carbocycles. The highest BCUT2D eigenvalue weighted by molar-refractivity contribution is 5.73. The fourth-order valence-corrected chi connectivity index (χ4v) is 2.36. The monoisotopic (exact) mass is 301 g/mol. The first-order chi connectivity index (χ1) is 10.5. The molecule has 2 aromatic rings. The maximum Gasteiger partial charge on any atom is 0.310 e. The third kappa shape index (κ3) is 4.16. The van der Waals surface area contributed by atoms with E-state index in [1.54, 1.807) is 12.4 Å². The van der Waals surface area contributed by atoms with Gasteiger partial charge in [-0.1, -0.05) is 19.9 Å². The Balaban J connectivity index is 1.98. The summed E-state index contributed by atoms with van der Waals surface area (Å²) in [5.74, 6) is 0.280. The van der Waals surface area contributed by atoms with Crippen LogP contribution in [0.2, 0.25) is 0 Å². The lowest BCUT2D eigenvalue weighted by molar-refractivity contribution is -0.144. The number of hydrogen-bond acceptors (Lipinski definition) is 4. The SMILES string of the molecule is Cc1nn(CC(C)C)c(C)c1CC(=O)OCc1cccnc1. The van der Waals surface area contributed by atoms with Crippen LogP contribution in [0.25, 0.3) is 0 Å². The largest absolute Gasteiger partial charge is 0.460 e.